The fourth-order valence-electron chi connectivity index (χ4n) is 1.53. The van der Waals surface area contributed by atoms with E-state index in [0.29, 0.717) is 4.57 Å². The van der Waals surface area contributed by atoms with Gasteiger partial charge in [-0.15, -0.1) is 0 Å². The van der Waals surface area contributed by atoms with Crippen molar-refractivity contribution in [2.24, 2.45) is 0 Å². The first-order valence-electron chi connectivity index (χ1n) is 5.45. The molecular weight excluding hydrogens is 251 g/mol. The Labute approximate surface area is 100 Å². The summed E-state index contributed by atoms with van der Waals surface area (Å²) in [6.45, 7) is -0.733. The second-order valence-electron chi connectivity index (χ2n) is 3.68. The molecule has 0 radical (unpaired) electrons. The minimum Gasteiger partial charge on any atom is -0.391 e. The first kappa shape index (κ1) is 11.5. The Balaban J connectivity index is 2.59. The van der Waals surface area contributed by atoms with Crippen LogP contribution in [0.2, 0.25) is 0 Å². The molecule has 0 amide bonds. The van der Waals surface area contributed by atoms with Crippen LogP contribution in [-0.4, -0.2) is 43.4 Å². The second kappa shape index (κ2) is 4.61. The van der Waals surface area contributed by atoms with Crippen LogP contribution in [-0.2, 0) is 11.3 Å². The second-order valence-corrected chi connectivity index (χ2v) is 3.68. The zero-order chi connectivity index (χ0) is 14.4. The number of halogens is 1. The third-order valence-electron chi connectivity index (χ3n) is 2.50. The minimum absolute atomic E-state index is 0.279. The van der Waals surface area contributed by atoms with Gasteiger partial charge in [0.15, 0.2) is 6.20 Å². The molecule has 8 nitrogen and oxygen atoms in total. The molecule has 1 aliphatic rings. The van der Waals surface area contributed by atoms with Crippen LogP contribution in [0.15, 0.2) is 15.8 Å². The average molecular weight is 263 g/mol. The summed E-state index contributed by atoms with van der Waals surface area (Å²) in [6.07, 6.45) is -8.28. The monoisotopic (exact) mass is 263 g/mol. The number of H-pyrrole nitrogens is 1. The molecule has 2 rings (SSSR count). The maximum atomic E-state index is 13.2. The third kappa shape index (κ3) is 1.97. The molecule has 0 bridgehead atoms. The predicted molar refractivity (Wildman–Crippen MR) is 54.3 cm³/mol. The topological polar surface area (TPSA) is 125 Å². The van der Waals surface area contributed by atoms with Crippen molar-refractivity contribution in [1.29, 1.82) is 0 Å². The van der Waals surface area contributed by atoms with Crippen molar-refractivity contribution in [3.05, 3.63) is 32.6 Å². The first-order chi connectivity index (χ1) is 8.81. The summed E-state index contributed by atoms with van der Waals surface area (Å²) in [7, 11) is 0. The number of rotatable bonds is 2. The van der Waals surface area contributed by atoms with E-state index in [1.54, 1.807) is 4.98 Å². The number of nitrogens with zero attached hydrogens (tertiary/aromatic N) is 1. The lowest BCUT2D eigenvalue weighted by Gasteiger charge is -2.17. The smallest absolute Gasteiger partial charge is 0.330 e. The van der Waals surface area contributed by atoms with Crippen molar-refractivity contribution in [2.45, 2.75) is 31.4 Å². The quantitative estimate of drug-likeness (QED) is 0.470. The number of aromatic amines is 1. The van der Waals surface area contributed by atoms with Gasteiger partial charge in [0.1, 0.15) is 12.2 Å². The summed E-state index contributed by atoms with van der Waals surface area (Å²) in [5.74, 6) is 0. The first-order valence-corrected chi connectivity index (χ1v) is 4.95. The zero-order valence-corrected chi connectivity index (χ0v) is 8.91. The van der Waals surface area contributed by atoms with Crippen LogP contribution in [0.1, 0.15) is 13.1 Å². The van der Waals surface area contributed by atoms with Gasteiger partial charge in [-0.05, 0) is 0 Å². The molecule has 1 aromatic rings. The van der Waals surface area contributed by atoms with E-state index in [-0.39, 0.29) is 5.56 Å². The van der Waals surface area contributed by atoms with Crippen LogP contribution >= 0.6 is 0 Å². The highest BCUT2D eigenvalue weighted by atomic mass is 19.1. The highest BCUT2D eigenvalue weighted by Gasteiger charge is 2.44. The fourth-order valence-corrected chi connectivity index (χ4v) is 1.53. The molecule has 4 N–H and O–H groups in total. The van der Waals surface area contributed by atoms with Gasteiger partial charge in [0.25, 0.3) is 5.56 Å². The molecule has 1 saturated heterocycles. The van der Waals surface area contributed by atoms with E-state index in [2.05, 4.69) is 4.74 Å². The van der Waals surface area contributed by atoms with Gasteiger partial charge in [0.2, 0.25) is 6.36 Å². The van der Waals surface area contributed by atoms with Crippen LogP contribution in [0.5, 0.6) is 0 Å². The van der Waals surface area contributed by atoms with Gasteiger partial charge < -0.3 is 20.1 Å². The summed E-state index contributed by atoms with van der Waals surface area (Å²) in [6, 6.07) is 0. The molecule has 0 aliphatic carbocycles. The van der Waals surface area contributed by atoms with Crippen molar-refractivity contribution < 1.29 is 25.8 Å². The zero-order valence-electron chi connectivity index (χ0n) is 9.91. The van der Waals surface area contributed by atoms with E-state index in [9.17, 15) is 24.2 Å². The lowest BCUT2D eigenvalue weighted by molar-refractivity contribution is -0.0949. The van der Waals surface area contributed by atoms with E-state index in [1.165, 1.54) is 0 Å². The molecule has 0 aromatic carbocycles. The molecule has 100 valence electrons. The molecule has 4 atom stereocenters. The lowest BCUT2D eigenvalue weighted by Crippen LogP contribution is -2.38. The normalized spacial score (nSPS) is 36.7. The Morgan fingerprint density at radius 3 is 2.67 bits per heavy atom. The van der Waals surface area contributed by atoms with Crippen LogP contribution in [0.3, 0.4) is 0 Å². The molecule has 0 spiro atoms. The molecule has 9 heteroatoms. The van der Waals surface area contributed by atoms with Gasteiger partial charge in [-0.2, -0.15) is 0 Å². The summed E-state index contributed by atoms with van der Waals surface area (Å²) in [5, 5.41) is 27.7. The average Bonchev–Trinajstić information content (AvgIpc) is 2.54. The molecule has 0 unspecified atom stereocenters. The van der Waals surface area contributed by atoms with Gasteiger partial charge in [-0.3, -0.25) is 14.3 Å². The predicted octanol–water partition coefficient (Wildman–Crippen LogP) is -2.42. The molecule has 1 aromatic heterocycles. The summed E-state index contributed by atoms with van der Waals surface area (Å²) in [5.41, 5.74) is -2.30. The molecule has 2 heterocycles. The molecule has 1 aliphatic heterocycles. The van der Waals surface area contributed by atoms with Crippen molar-refractivity contribution >= 4 is 0 Å². The van der Waals surface area contributed by atoms with E-state index < -0.39 is 42.6 Å². The van der Waals surface area contributed by atoms with Crippen LogP contribution < -0.4 is 11.2 Å². The van der Waals surface area contributed by atoms with Gasteiger partial charge in [-0.25, -0.2) is 9.18 Å². The van der Waals surface area contributed by atoms with Gasteiger partial charge in [0.05, 0.1) is 13.5 Å². The number of hydrogen-bond acceptors (Lipinski definition) is 6. The van der Waals surface area contributed by atoms with Crippen LogP contribution in [0.4, 0.5) is 4.39 Å². The largest absolute Gasteiger partial charge is 0.391 e. The van der Waals surface area contributed by atoms with Gasteiger partial charge in [-0.1, -0.05) is 0 Å². The highest BCUT2D eigenvalue weighted by Crippen LogP contribution is 2.28. The van der Waals surface area contributed by atoms with E-state index in [0.717, 1.165) is 6.20 Å². The Morgan fingerprint density at radius 1 is 1.50 bits per heavy atom. The maximum absolute atomic E-state index is 13.2. The third-order valence-corrected chi connectivity index (χ3v) is 2.50. The Bertz CT molecular complexity index is 603. The van der Waals surface area contributed by atoms with Crippen molar-refractivity contribution in [3.63, 3.8) is 0 Å². The summed E-state index contributed by atoms with van der Waals surface area (Å²) < 4.78 is 25.7. The minimum atomic E-state index is -2.63. The maximum Gasteiger partial charge on any atom is 0.330 e. The van der Waals surface area contributed by atoms with E-state index in [4.69, 9.17) is 6.48 Å². The number of aromatic nitrogens is 2. The fraction of sp³-hybridized carbons (Fsp3) is 0.556. The van der Waals surface area contributed by atoms with Crippen LogP contribution in [0, 0.1) is 0 Å². The van der Waals surface area contributed by atoms with Crippen LogP contribution in [0.25, 0.3) is 0 Å². The Kier molecular flexibility index (Phi) is 2.96. The number of ether oxygens (including phenoxy) is 1. The number of alkyl halides is 1. The van der Waals surface area contributed by atoms with Gasteiger partial charge in [0, 0.05) is 6.20 Å². The molecule has 0 saturated carbocycles. The molecule has 18 heavy (non-hydrogen) atoms. The summed E-state index contributed by atoms with van der Waals surface area (Å²) in [4.78, 5) is 24.6. The van der Waals surface area contributed by atoms with Crippen molar-refractivity contribution in [1.82, 2.24) is 9.55 Å². The van der Waals surface area contributed by atoms with Crippen molar-refractivity contribution in [3.8, 4) is 0 Å². The highest BCUT2D eigenvalue weighted by molar-refractivity contribution is 5.04. The van der Waals surface area contributed by atoms with Crippen molar-refractivity contribution in [2.75, 3.05) is 0 Å². The van der Waals surface area contributed by atoms with Gasteiger partial charge >= 0.3 is 5.69 Å². The summed E-state index contributed by atoms with van der Waals surface area (Å²) >= 11 is 0. The molecule has 1 fully saturated rings. The number of aliphatic hydroxyl groups is 3. The standard InChI is InChI=1S/C9H11FN2O6/c10-6-4(14)5(15)8(18-6)12-1-3(2-13)7(16)11-9(12)17/h1,4-6,8,13-15H,2H2,(H,11,16,17)/t4-,5+,6+,8+/m0/s1/i8D. The van der Waals surface area contributed by atoms with E-state index >= 15 is 0 Å². The Morgan fingerprint density at radius 2 is 2.17 bits per heavy atom. The van der Waals surface area contributed by atoms with E-state index in [1.807, 2.05) is 0 Å². The molecular formula is C9H11FN2O6. The number of nitrogens with one attached hydrogen (secondary N) is 1. The number of aliphatic hydroxyl groups excluding tert-OH is 3. The lowest BCUT2D eigenvalue weighted by atomic mass is 10.2. The SMILES string of the molecule is [2H][C@@]1(n2cc(CO)c(=O)[nH]c2=O)O[C@@H](F)[C@@H](O)[C@H]1O. The Hall–Kier alpha value is -1.55. The number of hydrogen-bond donors (Lipinski definition) is 4.